The monoisotopic (exact) mass is 264 g/mol. The highest BCUT2D eigenvalue weighted by Gasteiger charge is 2.18. The summed E-state index contributed by atoms with van der Waals surface area (Å²) in [6.07, 6.45) is 2.45. The van der Waals surface area contributed by atoms with Crippen molar-refractivity contribution in [2.75, 3.05) is 34.4 Å². The molecule has 0 atom stereocenters. The number of hydrogen-bond acceptors (Lipinski definition) is 4. The SMILES string of the molecule is CNC1CCN(Cc2ccc(OC)c(OC)c2)CC1. The quantitative estimate of drug-likeness (QED) is 0.880. The van der Waals surface area contributed by atoms with Gasteiger partial charge in [0.15, 0.2) is 11.5 Å². The van der Waals surface area contributed by atoms with Gasteiger partial charge in [0.25, 0.3) is 0 Å². The van der Waals surface area contributed by atoms with E-state index in [0.717, 1.165) is 31.1 Å². The molecule has 0 spiro atoms. The van der Waals surface area contributed by atoms with Crippen LogP contribution in [0.4, 0.5) is 0 Å². The molecular formula is C15H24N2O2. The van der Waals surface area contributed by atoms with Crippen LogP contribution < -0.4 is 14.8 Å². The van der Waals surface area contributed by atoms with Gasteiger partial charge in [0.05, 0.1) is 14.2 Å². The molecule has 1 aromatic rings. The molecule has 0 aromatic heterocycles. The van der Waals surface area contributed by atoms with Crippen molar-refractivity contribution in [1.82, 2.24) is 10.2 Å². The van der Waals surface area contributed by atoms with Crippen LogP contribution in [-0.2, 0) is 6.54 Å². The second kappa shape index (κ2) is 6.78. The standard InChI is InChI=1S/C15H24N2O2/c1-16-13-6-8-17(9-7-13)11-12-4-5-14(18-2)15(10-12)19-3/h4-5,10,13,16H,6-9,11H2,1-3H3. The van der Waals surface area contributed by atoms with Crippen molar-refractivity contribution in [3.8, 4) is 11.5 Å². The summed E-state index contributed by atoms with van der Waals surface area (Å²) in [5.74, 6) is 1.60. The molecule has 1 aliphatic heterocycles. The first-order valence-electron chi connectivity index (χ1n) is 6.87. The van der Waals surface area contributed by atoms with Gasteiger partial charge in [-0.3, -0.25) is 4.90 Å². The molecule has 1 N–H and O–H groups in total. The zero-order valence-corrected chi connectivity index (χ0v) is 12.1. The molecular weight excluding hydrogens is 240 g/mol. The summed E-state index contributed by atoms with van der Waals surface area (Å²) < 4.78 is 10.6. The van der Waals surface area contributed by atoms with E-state index >= 15 is 0 Å². The van der Waals surface area contributed by atoms with Gasteiger partial charge in [-0.2, -0.15) is 0 Å². The van der Waals surface area contributed by atoms with Gasteiger partial charge >= 0.3 is 0 Å². The van der Waals surface area contributed by atoms with Crippen LogP contribution in [0, 0.1) is 0 Å². The van der Waals surface area contributed by atoms with Gasteiger partial charge in [0.1, 0.15) is 0 Å². The van der Waals surface area contributed by atoms with Gasteiger partial charge in [-0.05, 0) is 50.7 Å². The largest absolute Gasteiger partial charge is 0.493 e. The fourth-order valence-corrected chi connectivity index (χ4v) is 2.62. The average molecular weight is 264 g/mol. The number of rotatable bonds is 5. The summed E-state index contributed by atoms with van der Waals surface area (Å²) in [5, 5.41) is 3.36. The third-order valence-electron chi connectivity index (χ3n) is 3.85. The normalized spacial score (nSPS) is 17.4. The van der Waals surface area contributed by atoms with E-state index in [1.54, 1.807) is 14.2 Å². The molecule has 0 unspecified atom stereocenters. The second-order valence-corrected chi connectivity index (χ2v) is 5.03. The minimum absolute atomic E-state index is 0.682. The summed E-state index contributed by atoms with van der Waals surface area (Å²) in [5.41, 5.74) is 1.28. The number of nitrogens with one attached hydrogen (secondary N) is 1. The van der Waals surface area contributed by atoms with E-state index in [1.807, 2.05) is 6.07 Å². The number of piperidine rings is 1. The molecule has 19 heavy (non-hydrogen) atoms. The van der Waals surface area contributed by atoms with Crippen LogP contribution in [0.5, 0.6) is 11.5 Å². The fraction of sp³-hybridized carbons (Fsp3) is 0.600. The highest BCUT2D eigenvalue weighted by molar-refractivity contribution is 5.42. The summed E-state index contributed by atoms with van der Waals surface area (Å²) in [6, 6.07) is 6.85. The third-order valence-corrected chi connectivity index (χ3v) is 3.85. The average Bonchev–Trinajstić information content (AvgIpc) is 2.48. The number of hydrogen-bond donors (Lipinski definition) is 1. The second-order valence-electron chi connectivity index (χ2n) is 5.03. The molecule has 0 aliphatic carbocycles. The zero-order valence-electron chi connectivity index (χ0n) is 12.1. The Hall–Kier alpha value is -1.26. The van der Waals surface area contributed by atoms with Gasteiger partial charge in [-0.15, -0.1) is 0 Å². The molecule has 2 rings (SSSR count). The first kappa shape index (κ1) is 14.2. The number of likely N-dealkylation sites (tertiary alicyclic amines) is 1. The molecule has 1 fully saturated rings. The van der Waals surface area contributed by atoms with Crippen molar-refractivity contribution in [3.63, 3.8) is 0 Å². The van der Waals surface area contributed by atoms with E-state index in [0.29, 0.717) is 6.04 Å². The highest BCUT2D eigenvalue weighted by atomic mass is 16.5. The minimum Gasteiger partial charge on any atom is -0.493 e. The molecule has 1 aromatic carbocycles. The van der Waals surface area contributed by atoms with E-state index in [4.69, 9.17) is 9.47 Å². The van der Waals surface area contributed by atoms with Crippen molar-refractivity contribution in [2.24, 2.45) is 0 Å². The number of benzene rings is 1. The third kappa shape index (κ3) is 3.61. The van der Waals surface area contributed by atoms with Gasteiger partial charge < -0.3 is 14.8 Å². The van der Waals surface area contributed by atoms with E-state index < -0.39 is 0 Å². The topological polar surface area (TPSA) is 33.7 Å². The highest BCUT2D eigenvalue weighted by Crippen LogP contribution is 2.28. The Labute approximate surface area is 115 Å². The maximum atomic E-state index is 5.35. The molecule has 1 saturated heterocycles. The van der Waals surface area contributed by atoms with Crippen LogP contribution in [0.15, 0.2) is 18.2 Å². The van der Waals surface area contributed by atoms with E-state index in [-0.39, 0.29) is 0 Å². The van der Waals surface area contributed by atoms with E-state index in [2.05, 4.69) is 29.4 Å². The summed E-state index contributed by atoms with van der Waals surface area (Å²) >= 11 is 0. The molecule has 0 radical (unpaired) electrons. The summed E-state index contributed by atoms with van der Waals surface area (Å²) in [4.78, 5) is 2.50. The Kier molecular flexibility index (Phi) is 5.05. The molecule has 0 bridgehead atoms. The maximum Gasteiger partial charge on any atom is 0.161 e. The fourth-order valence-electron chi connectivity index (χ4n) is 2.62. The molecule has 1 heterocycles. The molecule has 106 valence electrons. The lowest BCUT2D eigenvalue weighted by atomic mass is 10.0. The molecule has 0 amide bonds. The van der Waals surface area contributed by atoms with Crippen molar-refractivity contribution >= 4 is 0 Å². The number of ether oxygens (including phenoxy) is 2. The molecule has 4 nitrogen and oxygen atoms in total. The van der Waals surface area contributed by atoms with Crippen LogP contribution in [0.25, 0.3) is 0 Å². The predicted molar refractivity (Wildman–Crippen MR) is 76.9 cm³/mol. The van der Waals surface area contributed by atoms with Gasteiger partial charge in [0.2, 0.25) is 0 Å². The Balaban J connectivity index is 1.96. The minimum atomic E-state index is 0.682. The lowest BCUT2D eigenvalue weighted by molar-refractivity contribution is 0.194. The van der Waals surface area contributed by atoms with E-state index in [1.165, 1.54) is 18.4 Å². The lowest BCUT2D eigenvalue weighted by Gasteiger charge is -2.31. The predicted octanol–water partition coefficient (Wildman–Crippen LogP) is 1.89. The Morgan fingerprint density at radius 3 is 2.42 bits per heavy atom. The van der Waals surface area contributed by atoms with Crippen molar-refractivity contribution in [3.05, 3.63) is 23.8 Å². The Bertz CT molecular complexity index is 401. The zero-order chi connectivity index (χ0) is 13.7. The van der Waals surface area contributed by atoms with Gasteiger partial charge in [0, 0.05) is 12.6 Å². The molecule has 0 saturated carbocycles. The maximum absolute atomic E-state index is 5.35. The van der Waals surface area contributed by atoms with Crippen LogP contribution in [0.3, 0.4) is 0 Å². The van der Waals surface area contributed by atoms with Crippen molar-refractivity contribution in [1.29, 1.82) is 0 Å². The van der Waals surface area contributed by atoms with Crippen molar-refractivity contribution in [2.45, 2.75) is 25.4 Å². The van der Waals surface area contributed by atoms with E-state index in [9.17, 15) is 0 Å². The molecule has 1 aliphatic rings. The summed E-state index contributed by atoms with van der Waals surface area (Å²) in [7, 11) is 5.40. The number of nitrogens with zero attached hydrogens (tertiary/aromatic N) is 1. The summed E-state index contributed by atoms with van der Waals surface area (Å²) in [6.45, 7) is 3.29. The van der Waals surface area contributed by atoms with Crippen LogP contribution >= 0.6 is 0 Å². The van der Waals surface area contributed by atoms with Gasteiger partial charge in [-0.1, -0.05) is 6.07 Å². The Morgan fingerprint density at radius 1 is 1.16 bits per heavy atom. The number of methoxy groups -OCH3 is 2. The van der Waals surface area contributed by atoms with Crippen molar-refractivity contribution < 1.29 is 9.47 Å². The first-order valence-corrected chi connectivity index (χ1v) is 6.87. The smallest absolute Gasteiger partial charge is 0.161 e. The van der Waals surface area contributed by atoms with Gasteiger partial charge in [-0.25, -0.2) is 0 Å². The lowest BCUT2D eigenvalue weighted by Crippen LogP contribution is -2.40. The Morgan fingerprint density at radius 2 is 1.84 bits per heavy atom. The first-order chi connectivity index (χ1) is 9.26. The van der Waals surface area contributed by atoms with Crippen LogP contribution in [0.2, 0.25) is 0 Å². The van der Waals surface area contributed by atoms with Crippen LogP contribution in [0.1, 0.15) is 18.4 Å². The van der Waals surface area contributed by atoms with Crippen LogP contribution in [-0.4, -0.2) is 45.3 Å². The molecule has 4 heteroatoms.